The van der Waals surface area contributed by atoms with Crippen molar-refractivity contribution in [2.75, 3.05) is 12.5 Å². The average Bonchev–Trinajstić information content (AvgIpc) is 1.96. The molecule has 0 unspecified atom stereocenters. The van der Waals surface area contributed by atoms with Gasteiger partial charge in [0.2, 0.25) is 0 Å². The van der Waals surface area contributed by atoms with Gasteiger partial charge < -0.3 is 10.8 Å². The lowest BCUT2D eigenvalue weighted by Crippen LogP contribution is -2.30. The number of rotatable bonds is 5. The van der Waals surface area contributed by atoms with Crippen molar-refractivity contribution in [3.63, 3.8) is 0 Å². The zero-order valence-electron chi connectivity index (χ0n) is 8.23. The molecular weight excluding hydrogens is 206 g/mol. The summed E-state index contributed by atoms with van der Waals surface area (Å²) in [4.78, 5) is 21.4. The van der Waals surface area contributed by atoms with Gasteiger partial charge in [-0.3, -0.25) is 13.8 Å². The Bertz CT molecular complexity index is 333. The highest BCUT2D eigenvalue weighted by molar-refractivity contribution is 8.01. The van der Waals surface area contributed by atoms with Crippen molar-refractivity contribution < 1.29 is 18.9 Å². The minimum absolute atomic E-state index is 0.0200. The molecule has 0 spiro atoms. The maximum absolute atomic E-state index is 11.2. The smallest absolute Gasteiger partial charge is 0.320 e. The summed E-state index contributed by atoms with van der Waals surface area (Å²) in [7, 11) is -2.20. The molecular formula is C8H15NO4S. The summed E-state index contributed by atoms with van der Waals surface area (Å²) < 4.78 is 11.2. The van der Waals surface area contributed by atoms with E-state index in [1.54, 1.807) is 0 Å². The van der Waals surface area contributed by atoms with E-state index in [9.17, 15) is 13.8 Å². The van der Waals surface area contributed by atoms with Crippen molar-refractivity contribution in [1.29, 1.82) is 0 Å². The lowest BCUT2D eigenvalue weighted by Gasteiger charge is -2.03. The van der Waals surface area contributed by atoms with Crippen LogP contribution in [0.1, 0.15) is 12.8 Å². The largest absolute Gasteiger partial charge is 0.480 e. The second-order valence-corrected chi connectivity index (χ2v) is 6.23. The molecule has 0 fully saturated rings. The Kier molecular flexibility index (Phi) is 4.79. The number of aliphatic carboxylic acids is 1. The van der Waals surface area contributed by atoms with Crippen molar-refractivity contribution in [3.8, 4) is 0 Å². The van der Waals surface area contributed by atoms with Gasteiger partial charge in [0.1, 0.15) is 6.04 Å². The summed E-state index contributed by atoms with van der Waals surface area (Å²) in [5.41, 5.74) is 5.19. The van der Waals surface area contributed by atoms with E-state index in [0.29, 0.717) is 0 Å². The molecule has 0 saturated carbocycles. The Morgan fingerprint density at radius 2 is 2.00 bits per heavy atom. The zero-order chi connectivity index (χ0) is 11.4. The van der Waals surface area contributed by atoms with Gasteiger partial charge in [-0.1, -0.05) is 0 Å². The molecule has 0 aromatic rings. The number of carboxylic acids is 1. The van der Waals surface area contributed by atoms with E-state index in [4.69, 9.17) is 10.8 Å². The molecule has 1 atom stereocenters. The van der Waals surface area contributed by atoms with E-state index in [2.05, 4.69) is 0 Å². The summed E-state index contributed by atoms with van der Waals surface area (Å²) >= 11 is 0. The molecule has 5 nitrogen and oxygen atoms in total. The van der Waals surface area contributed by atoms with Crippen molar-refractivity contribution >= 4 is 26.6 Å². The second kappa shape index (κ2) is 5.11. The van der Waals surface area contributed by atoms with Crippen LogP contribution in [0.3, 0.4) is 0 Å². The van der Waals surface area contributed by atoms with Gasteiger partial charge in [0.25, 0.3) is 0 Å². The first kappa shape index (κ1) is 13.1. The van der Waals surface area contributed by atoms with Gasteiger partial charge in [-0.15, -0.1) is 0 Å². The van der Waals surface area contributed by atoms with Crippen LogP contribution in [-0.2, 0) is 19.1 Å². The number of carboxylic acid groups (broad SMARTS) is 1. The van der Waals surface area contributed by atoms with Crippen LogP contribution >= 0.6 is 0 Å². The maximum Gasteiger partial charge on any atom is 0.320 e. The molecule has 0 aliphatic carbocycles. The van der Waals surface area contributed by atoms with E-state index in [1.807, 2.05) is 0 Å². The maximum atomic E-state index is 11.2. The zero-order valence-corrected chi connectivity index (χ0v) is 9.04. The van der Waals surface area contributed by atoms with Crippen LogP contribution in [0.4, 0.5) is 0 Å². The molecule has 0 aromatic carbocycles. The molecule has 0 saturated heterocycles. The second-order valence-electron chi connectivity index (χ2n) is 3.38. The van der Waals surface area contributed by atoms with E-state index in [1.165, 1.54) is 12.5 Å². The van der Waals surface area contributed by atoms with Gasteiger partial charge in [-0.05, 0) is 15.9 Å². The van der Waals surface area contributed by atoms with E-state index in [-0.39, 0.29) is 18.6 Å². The highest BCUT2D eigenvalue weighted by atomic mass is 32.2. The Hall–Kier alpha value is -0.880. The predicted molar refractivity (Wildman–Crippen MR) is 55.9 cm³/mol. The first-order valence-corrected chi connectivity index (χ1v) is 6.46. The topological polar surface area (TPSA) is 97.5 Å². The van der Waals surface area contributed by atoms with Crippen LogP contribution in [0.15, 0.2) is 0 Å². The fourth-order valence-corrected chi connectivity index (χ4v) is 1.55. The molecule has 3 N–H and O–H groups in total. The first-order chi connectivity index (χ1) is 6.22. The van der Waals surface area contributed by atoms with Gasteiger partial charge in [0.05, 0.1) is 0 Å². The minimum atomic E-state index is -2.20. The summed E-state index contributed by atoms with van der Waals surface area (Å²) in [6.07, 6.45) is 2.98. The monoisotopic (exact) mass is 221 g/mol. The lowest BCUT2D eigenvalue weighted by molar-refractivity contribution is -0.138. The number of hydrogen-bond acceptors (Lipinski definition) is 4. The summed E-state index contributed by atoms with van der Waals surface area (Å²) in [5, 5.41) is 9.55. The van der Waals surface area contributed by atoms with Crippen LogP contribution < -0.4 is 5.73 Å². The predicted octanol–water partition coefficient (Wildman–Crippen LogP) is -0.906. The van der Waals surface area contributed by atoms with Gasteiger partial charge in [-0.25, -0.2) is 0 Å². The Balaban J connectivity index is 4.12. The molecule has 6 heteroatoms. The highest BCUT2D eigenvalue weighted by Crippen LogP contribution is 1.95. The van der Waals surface area contributed by atoms with Gasteiger partial charge in [-0.2, -0.15) is 0 Å². The lowest BCUT2D eigenvalue weighted by atomic mass is 10.1. The molecule has 0 aromatic heterocycles. The average molecular weight is 221 g/mol. The van der Waals surface area contributed by atoms with Gasteiger partial charge in [0.15, 0.2) is 5.78 Å². The molecule has 14 heavy (non-hydrogen) atoms. The fourth-order valence-electron chi connectivity index (χ4n) is 0.797. The van der Waals surface area contributed by atoms with Crippen molar-refractivity contribution in [2.45, 2.75) is 18.9 Å². The summed E-state index contributed by atoms with van der Waals surface area (Å²) in [5.74, 6) is -1.46. The van der Waals surface area contributed by atoms with Crippen molar-refractivity contribution in [1.82, 2.24) is 0 Å². The summed E-state index contributed by atoms with van der Waals surface area (Å²) in [6.45, 7) is 0. The summed E-state index contributed by atoms with van der Waals surface area (Å²) in [6, 6.07) is -1.03. The molecule has 82 valence electrons. The molecule has 0 bridgehead atoms. The fraction of sp³-hybridized carbons (Fsp3) is 0.625. The van der Waals surface area contributed by atoms with Gasteiger partial charge in [0, 0.05) is 24.3 Å². The molecule has 0 aliphatic rings. The van der Waals surface area contributed by atoms with Crippen LogP contribution in [-0.4, -0.2) is 45.0 Å². The van der Waals surface area contributed by atoms with Crippen LogP contribution in [0.2, 0.25) is 0 Å². The van der Waals surface area contributed by atoms with E-state index >= 15 is 0 Å². The van der Waals surface area contributed by atoms with E-state index in [0.717, 1.165) is 5.37 Å². The number of nitrogens with two attached hydrogens (primary N) is 1. The number of carbonyl (C=O) groups is 2. The van der Waals surface area contributed by atoms with Gasteiger partial charge >= 0.3 is 5.97 Å². The third-order valence-electron chi connectivity index (χ3n) is 1.43. The van der Waals surface area contributed by atoms with Crippen molar-refractivity contribution in [2.24, 2.45) is 5.73 Å². The minimum Gasteiger partial charge on any atom is -0.480 e. The molecule has 0 amide bonds. The number of Topliss-reactive ketones (excluding diaryl/α,β-unsaturated/α-hetero) is 1. The molecule has 0 aliphatic heterocycles. The number of hydrogen-bond donors (Lipinski definition) is 2. The third kappa shape index (κ3) is 6.62. The normalized spacial score (nSPS) is 13.4. The third-order valence-corrected chi connectivity index (χ3v) is 2.26. The van der Waals surface area contributed by atoms with Crippen molar-refractivity contribution in [3.05, 3.63) is 0 Å². The first-order valence-electron chi connectivity index (χ1n) is 4.02. The Morgan fingerprint density at radius 3 is 2.36 bits per heavy atom. The van der Waals surface area contributed by atoms with Crippen LogP contribution in [0.25, 0.3) is 0 Å². The SMILES string of the molecule is CS(C)(=O)=CC(=O)CC[C@H](N)C(=O)O. The molecule has 0 rings (SSSR count). The molecule has 0 heterocycles. The Morgan fingerprint density at radius 1 is 1.50 bits per heavy atom. The van der Waals surface area contributed by atoms with Crippen LogP contribution in [0.5, 0.6) is 0 Å². The standard InChI is InChI=1S/C8H15NO4S/c1-14(2,13)5-6(10)3-4-7(9)8(11)12/h5,7H,3-4,9H2,1-2H3,(H,11,12)/t7-/m0/s1. The van der Waals surface area contributed by atoms with Crippen LogP contribution in [0, 0.1) is 0 Å². The molecule has 0 radical (unpaired) electrons. The number of carbonyl (C=O) groups excluding carboxylic acids is 1. The Labute approximate surface area is 83.3 Å². The van der Waals surface area contributed by atoms with E-state index < -0.39 is 21.5 Å². The number of ketones is 1. The highest BCUT2D eigenvalue weighted by Gasteiger charge is 2.12. The quantitative estimate of drug-likeness (QED) is 0.586.